The van der Waals surface area contributed by atoms with Gasteiger partial charge in [-0.1, -0.05) is 17.3 Å². The zero-order valence-corrected chi connectivity index (χ0v) is 20.7. The van der Waals surface area contributed by atoms with E-state index < -0.39 is 0 Å². The summed E-state index contributed by atoms with van der Waals surface area (Å²) in [4.78, 5) is 18.5. The predicted molar refractivity (Wildman–Crippen MR) is 133 cm³/mol. The van der Waals surface area contributed by atoms with Gasteiger partial charge in [0, 0.05) is 37.7 Å². The molecular weight excluding hydrogens is 442 g/mol. The topological polar surface area (TPSA) is 104 Å². The Bertz CT molecular complexity index is 1260. The molecule has 0 unspecified atom stereocenters. The lowest BCUT2D eigenvalue weighted by atomic mass is 9.91. The summed E-state index contributed by atoms with van der Waals surface area (Å²) in [5.41, 5.74) is 5.87. The van der Waals surface area contributed by atoms with Crippen molar-refractivity contribution in [3.8, 4) is 34.7 Å². The van der Waals surface area contributed by atoms with E-state index in [0.29, 0.717) is 35.0 Å². The molecule has 1 aliphatic heterocycles. The molecule has 1 amide bonds. The zero-order valence-electron chi connectivity index (χ0n) is 20.7. The molecule has 1 aromatic heterocycles. The fourth-order valence-corrected chi connectivity index (χ4v) is 4.48. The van der Waals surface area contributed by atoms with Gasteiger partial charge < -0.3 is 14.6 Å². The number of rotatable bonds is 8. The minimum absolute atomic E-state index is 0.0235. The first kappa shape index (κ1) is 24.4. The molecule has 0 bridgehead atoms. The highest BCUT2D eigenvalue weighted by Gasteiger charge is 2.22. The standard InChI is InChI=1S/C27H31N5O3/c1-17(2)34-24-10-8-19(14-21(24)15-28)27-30-26(31-35-27)23-9-7-20-16-32(12-5-6-25(33)29-4)13-11-22(20)18(23)3/h7-10,14,17H,5-6,11-13,16H2,1-4H3,(H,29,33). The summed E-state index contributed by atoms with van der Waals surface area (Å²) in [6.07, 6.45) is 2.34. The molecule has 4 rings (SSSR count). The Balaban J connectivity index is 1.51. The smallest absolute Gasteiger partial charge is 0.258 e. The number of nitrogens with zero attached hydrogens (tertiary/aromatic N) is 4. The number of amides is 1. The maximum atomic E-state index is 11.5. The molecular formula is C27H31N5O3. The molecule has 182 valence electrons. The third-order valence-electron chi connectivity index (χ3n) is 6.30. The van der Waals surface area contributed by atoms with Gasteiger partial charge in [0.15, 0.2) is 0 Å². The second-order valence-corrected chi connectivity index (χ2v) is 9.09. The van der Waals surface area contributed by atoms with E-state index in [1.54, 1.807) is 19.2 Å². The molecule has 0 aliphatic carbocycles. The highest BCUT2D eigenvalue weighted by molar-refractivity contribution is 5.75. The molecule has 2 aromatic carbocycles. The fourth-order valence-electron chi connectivity index (χ4n) is 4.48. The van der Waals surface area contributed by atoms with Crippen LogP contribution in [0.5, 0.6) is 5.75 Å². The van der Waals surface area contributed by atoms with Crippen LogP contribution in [0.15, 0.2) is 34.9 Å². The van der Waals surface area contributed by atoms with Crippen molar-refractivity contribution < 1.29 is 14.1 Å². The first-order valence-electron chi connectivity index (χ1n) is 12.0. The summed E-state index contributed by atoms with van der Waals surface area (Å²) >= 11 is 0. The average Bonchev–Trinajstić information content (AvgIpc) is 3.34. The zero-order chi connectivity index (χ0) is 24.9. The Hall–Kier alpha value is -3.70. The number of hydrogen-bond acceptors (Lipinski definition) is 7. The highest BCUT2D eigenvalue weighted by atomic mass is 16.5. The average molecular weight is 474 g/mol. The molecule has 0 atom stereocenters. The van der Waals surface area contributed by atoms with Gasteiger partial charge in [-0.3, -0.25) is 9.69 Å². The van der Waals surface area contributed by atoms with Crippen LogP contribution in [0.1, 0.15) is 48.9 Å². The number of ether oxygens (including phenoxy) is 1. The summed E-state index contributed by atoms with van der Waals surface area (Å²) in [7, 11) is 1.68. The van der Waals surface area contributed by atoms with E-state index in [1.165, 1.54) is 16.7 Å². The van der Waals surface area contributed by atoms with Crippen LogP contribution in [0.2, 0.25) is 0 Å². The van der Waals surface area contributed by atoms with E-state index in [0.717, 1.165) is 38.0 Å². The van der Waals surface area contributed by atoms with E-state index in [4.69, 9.17) is 9.26 Å². The van der Waals surface area contributed by atoms with Gasteiger partial charge in [-0.25, -0.2) is 0 Å². The van der Waals surface area contributed by atoms with Crippen molar-refractivity contribution in [2.45, 2.75) is 52.7 Å². The van der Waals surface area contributed by atoms with Crippen molar-refractivity contribution in [3.63, 3.8) is 0 Å². The van der Waals surface area contributed by atoms with Crippen molar-refractivity contribution in [3.05, 3.63) is 52.6 Å². The van der Waals surface area contributed by atoms with Gasteiger partial charge in [0.25, 0.3) is 5.89 Å². The lowest BCUT2D eigenvalue weighted by Gasteiger charge is -2.30. The molecule has 2 heterocycles. The minimum Gasteiger partial charge on any atom is -0.490 e. The van der Waals surface area contributed by atoms with E-state index in [1.807, 2.05) is 19.9 Å². The lowest BCUT2D eigenvalue weighted by Crippen LogP contribution is -2.32. The van der Waals surface area contributed by atoms with E-state index >= 15 is 0 Å². The van der Waals surface area contributed by atoms with Gasteiger partial charge in [-0.15, -0.1) is 0 Å². The second-order valence-electron chi connectivity index (χ2n) is 9.09. The van der Waals surface area contributed by atoms with Gasteiger partial charge in [0.05, 0.1) is 11.7 Å². The molecule has 3 aromatic rings. The van der Waals surface area contributed by atoms with E-state index in [-0.39, 0.29) is 12.0 Å². The predicted octanol–water partition coefficient (Wildman–Crippen LogP) is 4.26. The van der Waals surface area contributed by atoms with Crippen molar-refractivity contribution >= 4 is 5.91 Å². The number of aromatic nitrogens is 2. The SMILES string of the molecule is CNC(=O)CCCN1CCc2c(ccc(-c3noc(-c4ccc(OC(C)C)c(C#N)c4)n3)c2C)C1. The first-order valence-corrected chi connectivity index (χ1v) is 12.0. The van der Waals surface area contributed by atoms with Crippen LogP contribution in [0.4, 0.5) is 0 Å². The number of hydrogen-bond donors (Lipinski definition) is 1. The van der Waals surface area contributed by atoms with E-state index in [2.05, 4.69) is 45.5 Å². The van der Waals surface area contributed by atoms with Crippen LogP contribution >= 0.6 is 0 Å². The third kappa shape index (κ3) is 5.52. The third-order valence-corrected chi connectivity index (χ3v) is 6.30. The van der Waals surface area contributed by atoms with Crippen LogP contribution in [-0.2, 0) is 17.8 Å². The first-order chi connectivity index (χ1) is 16.9. The fraction of sp³-hybridized carbons (Fsp3) is 0.407. The summed E-state index contributed by atoms with van der Waals surface area (Å²) < 4.78 is 11.3. The summed E-state index contributed by atoms with van der Waals surface area (Å²) in [6, 6.07) is 11.7. The number of fused-ring (bicyclic) bond motifs is 1. The quantitative estimate of drug-likeness (QED) is 0.521. The van der Waals surface area contributed by atoms with Crippen LogP contribution in [0.3, 0.4) is 0 Å². The molecule has 0 saturated heterocycles. The normalized spacial score (nSPS) is 13.4. The molecule has 0 fully saturated rings. The molecule has 8 nitrogen and oxygen atoms in total. The van der Waals surface area contributed by atoms with Crippen LogP contribution in [0, 0.1) is 18.3 Å². The Morgan fingerprint density at radius 3 is 2.89 bits per heavy atom. The number of nitrogens with one attached hydrogen (secondary N) is 1. The molecule has 1 aliphatic rings. The van der Waals surface area contributed by atoms with Gasteiger partial charge >= 0.3 is 0 Å². The van der Waals surface area contributed by atoms with Gasteiger partial charge in [-0.05, 0) is 75.0 Å². The Morgan fingerprint density at radius 1 is 1.31 bits per heavy atom. The Kier molecular flexibility index (Phi) is 7.47. The van der Waals surface area contributed by atoms with Crippen molar-refractivity contribution in [1.29, 1.82) is 5.26 Å². The Labute approximate surface area is 205 Å². The van der Waals surface area contributed by atoms with Gasteiger partial charge in [-0.2, -0.15) is 10.2 Å². The van der Waals surface area contributed by atoms with Gasteiger partial charge in [0.1, 0.15) is 11.8 Å². The monoisotopic (exact) mass is 473 g/mol. The summed E-state index contributed by atoms with van der Waals surface area (Å²) in [5.74, 6) is 1.53. The molecule has 8 heteroatoms. The maximum Gasteiger partial charge on any atom is 0.258 e. The maximum absolute atomic E-state index is 11.5. The van der Waals surface area contributed by atoms with E-state index in [9.17, 15) is 10.1 Å². The van der Waals surface area contributed by atoms with Gasteiger partial charge in [0.2, 0.25) is 11.7 Å². The number of benzene rings is 2. The minimum atomic E-state index is -0.0235. The van der Waals surface area contributed by atoms with Crippen molar-refractivity contribution in [2.75, 3.05) is 20.1 Å². The van der Waals surface area contributed by atoms with Crippen LogP contribution in [-0.4, -0.2) is 47.2 Å². The molecule has 1 N–H and O–H groups in total. The summed E-state index contributed by atoms with van der Waals surface area (Å²) in [5, 5.41) is 16.4. The molecule has 0 spiro atoms. The molecule has 0 radical (unpaired) electrons. The Morgan fingerprint density at radius 2 is 2.14 bits per heavy atom. The largest absolute Gasteiger partial charge is 0.490 e. The number of carbonyl (C=O) groups is 1. The molecule has 35 heavy (non-hydrogen) atoms. The van der Waals surface area contributed by atoms with Crippen LogP contribution < -0.4 is 10.1 Å². The number of carbonyl (C=O) groups excluding carboxylic acids is 1. The lowest BCUT2D eigenvalue weighted by molar-refractivity contribution is -0.120. The van der Waals surface area contributed by atoms with Crippen molar-refractivity contribution in [2.24, 2.45) is 0 Å². The molecule has 0 saturated carbocycles. The summed E-state index contributed by atoms with van der Waals surface area (Å²) in [6.45, 7) is 8.70. The van der Waals surface area contributed by atoms with Crippen LogP contribution in [0.25, 0.3) is 22.8 Å². The second kappa shape index (κ2) is 10.7. The highest BCUT2D eigenvalue weighted by Crippen LogP contribution is 2.32. The number of nitriles is 1. The van der Waals surface area contributed by atoms with Crippen molar-refractivity contribution in [1.82, 2.24) is 20.4 Å².